The molecule has 0 unspecified atom stereocenters. The molecule has 1 saturated heterocycles. The minimum absolute atomic E-state index is 0.0329. The van der Waals surface area contributed by atoms with E-state index in [9.17, 15) is 4.79 Å². The molecule has 2 heterocycles. The minimum Gasteiger partial charge on any atom is -0.461 e. The molecule has 74 valence electrons. The van der Waals surface area contributed by atoms with Gasteiger partial charge in [0.15, 0.2) is 0 Å². The van der Waals surface area contributed by atoms with E-state index in [1.54, 1.807) is 12.4 Å². The Bertz CT molecular complexity index is 328. The van der Waals surface area contributed by atoms with Crippen molar-refractivity contribution in [3.05, 3.63) is 30.1 Å². The third-order valence-corrected chi connectivity index (χ3v) is 3.79. The van der Waals surface area contributed by atoms with Crippen molar-refractivity contribution < 1.29 is 9.53 Å². The van der Waals surface area contributed by atoms with Crippen molar-refractivity contribution in [3.8, 4) is 0 Å². The summed E-state index contributed by atoms with van der Waals surface area (Å²) in [5, 5.41) is 0. The number of esters is 1. The summed E-state index contributed by atoms with van der Waals surface area (Å²) >= 11 is 2.31. The number of rotatable bonds is 2. The van der Waals surface area contributed by atoms with Gasteiger partial charge in [-0.25, -0.2) is 0 Å². The molecule has 0 bridgehead atoms. The second kappa shape index (κ2) is 4.25. The van der Waals surface area contributed by atoms with Crippen LogP contribution in [0.25, 0.3) is 0 Å². The van der Waals surface area contributed by atoms with Crippen molar-refractivity contribution in [2.75, 3.05) is 0 Å². The summed E-state index contributed by atoms with van der Waals surface area (Å²) in [6.45, 7) is 0. The maximum Gasteiger partial charge on any atom is 0.306 e. The van der Waals surface area contributed by atoms with Gasteiger partial charge in [-0.05, 0) is 24.1 Å². The average Bonchev–Trinajstić information content (AvgIpc) is 2.65. The number of pyridine rings is 1. The summed E-state index contributed by atoms with van der Waals surface area (Å²) in [5.74, 6) is -0.0780. The molecule has 1 aliphatic heterocycles. The molecule has 0 amide bonds. The first-order chi connectivity index (χ1) is 6.77. The first kappa shape index (κ1) is 9.89. The number of cyclic esters (lactones) is 1. The summed E-state index contributed by atoms with van der Waals surface area (Å²) < 4.78 is 5.45. The maximum absolute atomic E-state index is 11.0. The van der Waals surface area contributed by atoms with Crippen LogP contribution in [0.1, 0.15) is 22.3 Å². The van der Waals surface area contributed by atoms with E-state index in [0.717, 1.165) is 6.42 Å². The fourth-order valence-corrected chi connectivity index (χ4v) is 2.44. The lowest BCUT2D eigenvalue weighted by atomic mass is 10.1. The van der Waals surface area contributed by atoms with Crippen LogP contribution in [0.4, 0.5) is 0 Å². The Balaban J connectivity index is 2.09. The summed E-state index contributed by atoms with van der Waals surface area (Å²) in [6.07, 6.45) is 4.94. The molecule has 0 spiro atoms. The van der Waals surface area contributed by atoms with Crippen LogP contribution in [0.3, 0.4) is 0 Å². The van der Waals surface area contributed by atoms with E-state index in [1.165, 1.54) is 5.56 Å². The molecular formula is C10H10INO2. The molecule has 1 fully saturated rings. The number of alkyl halides is 1. The highest BCUT2D eigenvalue weighted by Crippen LogP contribution is 2.34. The summed E-state index contributed by atoms with van der Waals surface area (Å²) in [6, 6.07) is 3.92. The topological polar surface area (TPSA) is 39.2 Å². The summed E-state index contributed by atoms with van der Waals surface area (Å²) in [4.78, 5) is 14.9. The van der Waals surface area contributed by atoms with Gasteiger partial charge < -0.3 is 4.74 Å². The number of hydrogen-bond donors (Lipinski definition) is 0. The van der Waals surface area contributed by atoms with Crippen molar-refractivity contribution in [2.24, 2.45) is 0 Å². The molecule has 3 nitrogen and oxygen atoms in total. The third-order valence-electron chi connectivity index (χ3n) is 2.27. The Hall–Kier alpha value is -0.650. The second-order valence-electron chi connectivity index (χ2n) is 3.25. The van der Waals surface area contributed by atoms with Crippen molar-refractivity contribution in [3.63, 3.8) is 0 Å². The van der Waals surface area contributed by atoms with Crippen LogP contribution in [-0.2, 0) is 9.53 Å². The third kappa shape index (κ3) is 2.05. The highest BCUT2D eigenvalue weighted by atomic mass is 127. The first-order valence-corrected chi connectivity index (χ1v) is 5.75. The number of aromatic nitrogens is 1. The van der Waals surface area contributed by atoms with Gasteiger partial charge in [0.25, 0.3) is 0 Å². The zero-order valence-electron chi connectivity index (χ0n) is 7.52. The summed E-state index contributed by atoms with van der Waals surface area (Å²) in [7, 11) is 0. The molecule has 1 aromatic rings. The number of carbonyl (C=O) groups excluding carboxylic acids is 1. The smallest absolute Gasteiger partial charge is 0.306 e. The number of ether oxygens (including phenoxy) is 1. The lowest BCUT2D eigenvalue weighted by Gasteiger charge is -2.16. The Morgan fingerprint density at radius 3 is 2.79 bits per heavy atom. The molecule has 1 aromatic heterocycles. The van der Waals surface area contributed by atoms with Crippen LogP contribution in [0.2, 0.25) is 0 Å². The molecule has 0 aliphatic carbocycles. The number of hydrogen-bond acceptors (Lipinski definition) is 3. The number of halogens is 1. The monoisotopic (exact) mass is 303 g/mol. The van der Waals surface area contributed by atoms with Gasteiger partial charge >= 0.3 is 5.97 Å². The fourth-order valence-electron chi connectivity index (χ4n) is 1.51. The fraction of sp³-hybridized carbons (Fsp3) is 0.400. The molecule has 2 rings (SSSR count). The number of nitrogens with zero attached hydrogens (tertiary/aromatic N) is 1. The van der Waals surface area contributed by atoms with Gasteiger partial charge in [0.2, 0.25) is 0 Å². The predicted molar refractivity (Wildman–Crippen MR) is 60.1 cm³/mol. The number of carbonyl (C=O) groups is 1. The minimum atomic E-state index is -0.0780. The normalized spacial score (nSPS) is 23.2. The highest BCUT2D eigenvalue weighted by molar-refractivity contribution is 14.1. The van der Waals surface area contributed by atoms with Crippen LogP contribution in [0.5, 0.6) is 0 Å². The molecule has 0 radical (unpaired) electrons. The van der Waals surface area contributed by atoms with Crippen molar-refractivity contribution >= 4 is 28.6 Å². The van der Waals surface area contributed by atoms with Crippen LogP contribution in [0.15, 0.2) is 24.5 Å². The van der Waals surface area contributed by atoms with E-state index in [2.05, 4.69) is 27.6 Å². The van der Waals surface area contributed by atoms with E-state index in [4.69, 9.17) is 4.74 Å². The SMILES string of the molecule is O=C1CC[C@@H]([C@H](I)c2ccncc2)O1. The second-order valence-corrected chi connectivity index (χ2v) is 4.59. The van der Waals surface area contributed by atoms with Crippen LogP contribution < -0.4 is 0 Å². The average molecular weight is 303 g/mol. The van der Waals surface area contributed by atoms with Gasteiger partial charge in [-0.15, -0.1) is 0 Å². The molecule has 1 aliphatic rings. The van der Waals surface area contributed by atoms with E-state index in [0.29, 0.717) is 6.42 Å². The largest absolute Gasteiger partial charge is 0.461 e. The molecule has 2 atom stereocenters. The predicted octanol–water partition coefficient (Wildman–Crippen LogP) is 2.26. The Morgan fingerprint density at radius 2 is 2.21 bits per heavy atom. The zero-order valence-corrected chi connectivity index (χ0v) is 9.68. The standard InChI is InChI=1S/C10H10INO2/c11-10(7-3-5-12-6-4-7)8-1-2-9(13)14-8/h3-6,8,10H,1-2H2/t8-,10+/m0/s1. The van der Waals surface area contributed by atoms with Gasteiger partial charge in [-0.3, -0.25) is 9.78 Å². The summed E-state index contributed by atoms with van der Waals surface area (Å²) in [5.41, 5.74) is 1.17. The maximum atomic E-state index is 11.0. The van der Waals surface area contributed by atoms with Crippen LogP contribution >= 0.6 is 22.6 Å². The van der Waals surface area contributed by atoms with Gasteiger partial charge in [0, 0.05) is 18.8 Å². The van der Waals surface area contributed by atoms with E-state index >= 15 is 0 Å². The quantitative estimate of drug-likeness (QED) is 0.478. The molecule has 4 heteroatoms. The highest BCUT2D eigenvalue weighted by Gasteiger charge is 2.30. The zero-order chi connectivity index (χ0) is 9.97. The molecule has 0 aromatic carbocycles. The van der Waals surface area contributed by atoms with E-state index in [-0.39, 0.29) is 16.0 Å². The van der Waals surface area contributed by atoms with Gasteiger partial charge in [-0.2, -0.15) is 0 Å². The molecule has 0 saturated carbocycles. The van der Waals surface area contributed by atoms with E-state index < -0.39 is 0 Å². The Morgan fingerprint density at radius 1 is 1.50 bits per heavy atom. The van der Waals surface area contributed by atoms with E-state index in [1.807, 2.05) is 12.1 Å². The lowest BCUT2D eigenvalue weighted by Crippen LogP contribution is -2.13. The molecule has 14 heavy (non-hydrogen) atoms. The Labute approximate surface area is 96.0 Å². The first-order valence-electron chi connectivity index (χ1n) is 4.51. The van der Waals surface area contributed by atoms with Crippen molar-refractivity contribution in [2.45, 2.75) is 22.9 Å². The molecular weight excluding hydrogens is 293 g/mol. The van der Waals surface area contributed by atoms with Gasteiger partial charge in [-0.1, -0.05) is 22.6 Å². The van der Waals surface area contributed by atoms with Crippen LogP contribution in [-0.4, -0.2) is 17.1 Å². The lowest BCUT2D eigenvalue weighted by molar-refractivity contribution is -0.141. The van der Waals surface area contributed by atoms with Crippen LogP contribution in [0, 0.1) is 0 Å². The van der Waals surface area contributed by atoms with Crippen molar-refractivity contribution in [1.29, 1.82) is 0 Å². The Kier molecular flexibility index (Phi) is 3.00. The van der Waals surface area contributed by atoms with Crippen molar-refractivity contribution in [1.82, 2.24) is 4.98 Å². The molecule has 0 N–H and O–H groups in total. The van der Waals surface area contributed by atoms with Gasteiger partial charge in [0.1, 0.15) is 6.10 Å². The van der Waals surface area contributed by atoms with Gasteiger partial charge in [0.05, 0.1) is 3.92 Å².